The number of ether oxygens (including phenoxy) is 1. The number of halogens is 2. The Labute approximate surface area is 138 Å². The maximum atomic E-state index is 12.6. The number of hydrogen-bond donors (Lipinski definition) is 1. The fourth-order valence-electron chi connectivity index (χ4n) is 2.82. The number of alkyl halides is 2. The second-order valence-electron chi connectivity index (χ2n) is 5.72. The first-order valence-electron chi connectivity index (χ1n) is 6.99. The normalized spacial score (nSPS) is 39.4. The van der Waals surface area contributed by atoms with E-state index in [0.29, 0.717) is 0 Å². The van der Waals surface area contributed by atoms with Gasteiger partial charge in [-0.3, -0.25) is 0 Å². The first-order chi connectivity index (χ1) is 9.06. The molecule has 0 aromatic carbocycles. The average molecular weight is 484 g/mol. The molecule has 7 heteroatoms. The van der Waals surface area contributed by atoms with E-state index in [0.717, 1.165) is 32.1 Å². The van der Waals surface area contributed by atoms with Crippen LogP contribution in [0.1, 0.15) is 51.9 Å². The Balaban J connectivity index is 1.67. The van der Waals surface area contributed by atoms with E-state index >= 15 is 0 Å². The quantitative estimate of drug-likeness (QED) is 0.0782. The molecular weight excluding hydrogens is 466 g/mol. The fourth-order valence-corrected chi connectivity index (χ4v) is 8.83. The number of unbranched alkanes of at least 4 members (excludes halogenated alkanes) is 1. The van der Waals surface area contributed by atoms with Crippen LogP contribution in [-0.2, 0) is 9.53 Å². The first kappa shape index (κ1) is 14.9. The third-order valence-electron chi connectivity index (χ3n) is 4.25. The number of rotatable bonds is 6. The minimum absolute atomic E-state index is 0.0331. The van der Waals surface area contributed by atoms with Gasteiger partial charge in [-0.25, -0.2) is 0 Å². The van der Waals surface area contributed by atoms with Crippen molar-refractivity contribution < 1.29 is 52.0 Å². The Morgan fingerprint density at radius 2 is 2.11 bits per heavy atom. The Morgan fingerprint density at radius 3 is 2.58 bits per heavy atom. The van der Waals surface area contributed by atoms with Crippen molar-refractivity contribution >= 4 is 19.0 Å². The van der Waals surface area contributed by atoms with E-state index in [4.69, 9.17) is 12.6 Å². The van der Waals surface area contributed by atoms with Crippen LogP contribution in [0.4, 0.5) is 0 Å². The third-order valence-corrected chi connectivity index (χ3v) is 11.0. The van der Waals surface area contributed by atoms with Crippen molar-refractivity contribution in [3.05, 3.63) is 0 Å². The van der Waals surface area contributed by atoms with Crippen LogP contribution in [0, 0.1) is 0 Å². The van der Waals surface area contributed by atoms with Crippen LogP contribution >= 0.6 is 0 Å². The molecule has 2 atom stereocenters. The van der Waals surface area contributed by atoms with Gasteiger partial charge >= 0.3 is 139 Å². The summed E-state index contributed by atoms with van der Waals surface area (Å²) < 4.78 is 8.61. The summed E-state index contributed by atoms with van der Waals surface area (Å²) in [5.41, 5.74) is -0.169. The van der Waals surface area contributed by atoms with E-state index in [1.807, 2.05) is 0 Å². The van der Waals surface area contributed by atoms with Crippen molar-refractivity contribution in [3.63, 3.8) is 0 Å². The zero-order valence-electron chi connectivity index (χ0n) is 11.2. The number of carbonyl (C=O) groups excluding carboxylic acids is 1. The average Bonchev–Trinajstić information content (AvgIpc) is 3.29. The minimum atomic E-state index is -0.443. The summed E-state index contributed by atoms with van der Waals surface area (Å²) in [6.45, 7) is 2.19. The monoisotopic (exact) mass is 484 g/mol. The van der Waals surface area contributed by atoms with Crippen molar-refractivity contribution in [2.75, 3.05) is 0 Å². The van der Waals surface area contributed by atoms with E-state index < -0.39 is 3.55 Å². The molecule has 0 spiro atoms. The van der Waals surface area contributed by atoms with Crippen LogP contribution in [-0.4, -0.2) is 31.3 Å². The summed E-state index contributed by atoms with van der Waals surface area (Å²) in [7, 11) is 6.26. The van der Waals surface area contributed by atoms with Gasteiger partial charge in [-0.15, -0.1) is 0 Å². The SMILES string of the molecule is [B]C1(C2(C(=O)OC3(CCCC)CCCC3)N[I-]2)[B][I-]1. The Bertz CT molecular complexity index is 380. The number of nitrogens with one attached hydrogen (secondary N) is 1. The molecule has 1 N–H and O–H groups in total. The molecule has 2 heterocycles. The van der Waals surface area contributed by atoms with Crippen molar-refractivity contribution in [3.8, 4) is 0 Å². The Hall–Kier alpha value is 1.02. The van der Waals surface area contributed by atoms with Gasteiger partial charge in [0.15, 0.2) is 0 Å². The van der Waals surface area contributed by atoms with Crippen LogP contribution < -0.4 is 46.0 Å². The summed E-state index contributed by atoms with van der Waals surface area (Å²) in [6, 6.07) is 0. The molecule has 0 aromatic heterocycles. The molecule has 0 amide bonds. The van der Waals surface area contributed by atoms with E-state index in [2.05, 4.69) is 15.6 Å². The zero-order valence-corrected chi connectivity index (χ0v) is 15.5. The zero-order chi connectivity index (χ0) is 13.6. The molecule has 1 aliphatic carbocycles. The molecule has 2 unspecified atom stereocenters. The van der Waals surface area contributed by atoms with E-state index in [9.17, 15) is 4.79 Å². The fraction of sp³-hybridized carbons (Fsp3) is 0.917. The van der Waals surface area contributed by atoms with Gasteiger partial charge < -0.3 is 0 Å². The van der Waals surface area contributed by atoms with Gasteiger partial charge in [-0.2, -0.15) is 0 Å². The maximum absolute atomic E-state index is 12.6. The summed E-state index contributed by atoms with van der Waals surface area (Å²) in [6.07, 6.45) is 7.82. The number of carbonyl (C=O) groups is 1. The van der Waals surface area contributed by atoms with Gasteiger partial charge in [0.2, 0.25) is 0 Å². The van der Waals surface area contributed by atoms with E-state index in [-0.39, 0.29) is 57.3 Å². The molecule has 105 valence electrons. The molecule has 2 aliphatic heterocycles. The predicted molar refractivity (Wildman–Crippen MR) is 66.9 cm³/mol. The molecule has 3 radical (unpaired) electrons. The van der Waals surface area contributed by atoms with Crippen LogP contribution in [0.2, 0.25) is 0 Å². The second-order valence-corrected chi connectivity index (χ2v) is 11.4. The number of esters is 1. The summed E-state index contributed by atoms with van der Waals surface area (Å²) in [5, 5.41) is 2.15. The second kappa shape index (κ2) is 5.34. The summed E-state index contributed by atoms with van der Waals surface area (Å²) in [5.74, 6) is -0.0331. The van der Waals surface area contributed by atoms with E-state index in [1.165, 1.54) is 12.8 Å². The van der Waals surface area contributed by atoms with Crippen molar-refractivity contribution in [2.24, 2.45) is 0 Å². The molecule has 3 rings (SSSR count). The summed E-state index contributed by atoms with van der Waals surface area (Å²) >= 11 is -0.393. The van der Waals surface area contributed by atoms with Crippen LogP contribution in [0.3, 0.4) is 0 Å². The van der Waals surface area contributed by atoms with Gasteiger partial charge in [0.05, 0.1) is 0 Å². The van der Waals surface area contributed by atoms with Gasteiger partial charge in [0.25, 0.3) is 0 Å². The van der Waals surface area contributed by atoms with Crippen molar-refractivity contribution in [1.82, 2.24) is 3.53 Å². The molecule has 1 saturated carbocycles. The van der Waals surface area contributed by atoms with Crippen LogP contribution in [0.5, 0.6) is 0 Å². The standard InChI is InChI=1S/C12H18B2I2NO2/c1-2-3-6-10(7-4-5-8-10)19-9(18)11(16-17-11)12(13)14-15-12/h17H,2-8H2,1H3/q-2. The first-order valence-corrected chi connectivity index (χ1v) is 11.5. The molecule has 3 fully saturated rings. The third kappa shape index (κ3) is 2.72. The van der Waals surface area contributed by atoms with Crippen molar-refractivity contribution in [2.45, 2.75) is 64.2 Å². The molecule has 3 aliphatic rings. The van der Waals surface area contributed by atoms with Crippen LogP contribution in [0.25, 0.3) is 0 Å². The van der Waals surface area contributed by atoms with Gasteiger partial charge in [-0.05, 0) is 0 Å². The molecule has 0 bridgehead atoms. The van der Waals surface area contributed by atoms with Gasteiger partial charge in [0, 0.05) is 0 Å². The Morgan fingerprint density at radius 1 is 1.47 bits per heavy atom. The topological polar surface area (TPSA) is 48.2 Å². The number of hydrogen-bond acceptors (Lipinski definition) is 3. The van der Waals surface area contributed by atoms with E-state index in [1.54, 1.807) is 0 Å². The van der Waals surface area contributed by atoms with Crippen LogP contribution in [0.15, 0.2) is 0 Å². The molecule has 3 nitrogen and oxygen atoms in total. The molecule has 2 saturated heterocycles. The summed E-state index contributed by atoms with van der Waals surface area (Å²) in [4.78, 5) is 12.6. The van der Waals surface area contributed by atoms with Crippen molar-refractivity contribution in [1.29, 1.82) is 0 Å². The van der Waals surface area contributed by atoms with Gasteiger partial charge in [0.1, 0.15) is 0 Å². The molecular formula is C12H18B2I2NO2-2. The Kier molecular flexibility index (Phi) is 4.20. The molecule has 0 aromatic rings. The predicted octanol–water partition coefficient (Wildman–Crippen LogP) is -5.12. The van der Waals surface area contributed by atoms with Gasteiger partial charge in [-0.1, -0.05) is 0 Å². The molecule has 19 heavy (non-hydrogen) atoms.